The fourth-order valence-electron chi connectivity index (χ4n) is 2.41. The molecule has 1 aromatic heterocycles. The fraction of sp³-hybridized carbons (Fsp3) is 0.769. The van der Waals surface area contributed by atoms with Crippen molar-refractivity contribution in [3.05, 3.63) is 0 Å². The molecule has 1 aromatic rings. The molecule has 0 aliphatic carbocycles. The lowest BCUT2D eigenvalue weighted by Gasteiger charge is -2.27. The number of anilines is 3. The third kappa shape index (κ3) is 3.09. The lowest BCUT2D eigenvalue weighted by molar-refractivity contribution is 0.263. The minimum absolute atomic E-state index is 0.307. The second kappa shape index (κ2) is 5.40. The van der Waals surface area contributed by atoms with Gasteiger partial charge in [-0.05, 0) is 17.8 Å². The highest BCUT2D eigenvalue weighted by molar-refractivity contribution is 5.44. The normalized spacial score (nSPS) is 19.3. The summed E-state index contributed by atoms with van der Waals surface area (Å²) in [6.45, 7) is 8.80. The van der Waals surface area contributed by atoms with Gasteiger partial charge in [0.1, 0.15) is 0 Å². The van der Waals surface area contributed by atoms with Gasteiger partial charge in [0.15, 0.2) is 0 Å². The molecule has 2 rings (SSSR count). The van der Waals surface area contributed by atoms with Gasteiger partial charge in [-0.3, -0.25) is 5.43 Å². The number of nitrogen functional groups attached to an aromatic ring is 1. The first-order chi connectivity index (χ1) is 9.31. The topological polar surface area (TPSA) is 83.2 Å². The van der Waals surface area contributed by atoms with Crippen LogP contribution < -0.4 is 21.1 Å². The zero-order chi connectivity index (χ0) is 14.9. The molecule has 0 bridgehead atoms. The minimum atomic E-state index is 0.307. The molecule has 7 nitrogen and oxygen atoms in total. The molecule has 7 heteroatoms. The van der Waals surface area contributed by atoms with Gasteiger partial charge in [-0.25, -0.2) is 5.84 Å². The van der Waals surface area contributed by atoms with Crippen LogP contribution in [-0.2, 0) is 0 Å². The van der Waals surface area contributed by atoms with Gasteiger partial charge in [0, 0.05) is 27.2 Å². The van der Waals surface area contributed by atoms with Crippen LogP contribution in [0.1, 0.15) is 27.2 Å². The Morgan fingerprint density at radius 2 is 1.95 bits per heavy atom. The molecule has 112 valence electrons. The van der Waals surface area contributed by atoms with E-state index in [1.807, 2.05) is 19.0 Å². The molecule has 1 aliphatic rings. The molecule has 1 fully saturated rings. The molecule has 0 aromatic carbocycles. The lowest BCUT2D eigenvalue weighted by atomic mass is 9.80. The van der Waals surface area contributed by atoms with E-state index in [0.29, 0.717) is 29.2 Å². The number of hydrogen-bond donors (Lipinski definition) is 2. The second-order valence-electron chi connectivity index (χ2n) is 6.60. The van der Waals surface area contributed by atoms with Gasteiger partial charge in [-0.1, -0.05) is 20.8 Å². The highest BCUT2D eigenvalue weighted by Crippen LogP contribution is 2.35. The van der Waals surface area contributed by atoms with Crippen LogP contribution in [0.5, 0.6) is 0 Å². The molecule has 1 saturated heterocycles. The number of hydrogen-bond acceptors (Lipinski definition) is 7. The Morgan fingerprint density at radius 3 is 2.45 bits per heavy atom. The Labute approximate surface area is 120 Å². The first kappa shape index (κ1) is 14.8. The fourth-order valence-corrected chi connectivity index (χ4v) is 2.41. The summed E-state index contributed by atoms with van der Waals surface area (Å²) < 4.78 is 0. The van der Waals surface area contributed by atoms with Gasteiger partial charge in [-0.2, -0.15) is 15.0 Å². The third-order valence-corrected chi connectivity index (χ3v) is 3.84. The molecule has 0 spiro atoms. The van der Waals surface area contributed by atoms with Crippen molar-refractivity contribution in [2.75, 3.05) is 42.4 Å². The predicted molar refractivity (Wildman–Crippen MR) is 81.7 cm³/mol. The third-order valence-electron chi connectivity index (χ3n) is 3.84. The first-order valence-electron chi connectivity index (χ1n) is 6.96. The number of aromatic nitrogens is 3. The molecule has 0 radical (unpaired) electrons. The minimum Gasteiger partial charge on any atom is -0.347 e. The molecule has 3 N–H and O–H groups in total. The van der Waals surface area contributed by atoms with Crippen molar-refractivity contribution < 1.29 is 0 Å². The summed E-state index contributed by atoms with van der Waals surface area (Å²) in [5.41, 5.74) is 2.82. The monoisotopic (exact) mass is 279 g/mol. The van der Waals surface area contributed by atoms with Gasteiger partial charge in [0.2, 0.25) is 17.8 Å². The van der Waals surface area contributed by atoms with Crippen molar-refractivity contribution in [2.24, 2.45) is 17.2 Å². The van der Waals surface area contributed by atoms with Gasteiger partial charge in [0.25, 0.3) is 0 Å². The molecule has 0 saturated carbocycles. The summed E-state index contributed by atoms with van der Waals surface area (Å²) in [5, 5.41) is 0. The highest BCUT2D eigenvalue weighted by Gasteiger charge is 2.33. The van der Waals surface area contributed by atoms with Gasteiger partial charge < -0.3 is 9.80 Å². The zero-order valence-corrected chi connectivity index (χ0v) is 13.0. The van der Waals surface area contributed by atoms with Crippen molar-refractivity contribution in [3.63, 3.8) is 0 Å². The van der Waals surface area contributed by atoms with Gasteiger partial charge >= 0.3 is 0 Å². The zero-order valence-electron chi connectivity index (χ0n) is 13.0. The number of rotatable bonds is 3. The van der Waals surface area contributed by atoms with Crippen molar-refractivity contribution in [1.82, 2.24) is 15.0 Å². The molecular formula is C13H25N7. The Hall–Kier alpha value is -1.63. The summed E-state index contributed by atoms with van der Waals surface area (Å²) in [6.07, 6.45) is 1.16. The first-order valence-corrected chi connectivity index (χ1v) is 6.96. The van der Waals surface area contributed by atoms with Crippen molar-refractivity contribution in [1.29, 1.82) is 0 Å². The van der Waals surface area contributed by atoms with Crippen LogP contribution in [0, 0.1) is 11.3 Å². The van der Waals surface area contributed by atoms with E-state index in [-0.39, 0.29) is 0 Å². The quantitative estimate of drug-likeness (QED) is 0.633. The van der Waals surface area contributed by atoms with Crippen LogP contribution in [0.4, 0.5) is 17.8 Å². The van der Waals surface area contributed by atoms with E-state index in [4.69, 9.17) is 5.84 Å². The Kier molecular flexibility index (Phi) is 3.99. The summed E-state index contributed by atoms with van der Waals surface area (Å²) >= 11 is 0. The number of nitrogens with two attached hydrogens (primary N) is 1. The molecule has 20 heavy (non-hydrogen) atoms. The summed E-state index contributed by atoms with van der Waals surface area (Å²) in [5.74, 6) is 7.80. The number of nitrogens with zero attached hydrogens (tertiary/aromatic N) is 5. The molecule has 1 atom stereocenters. The molecule has 2 heterocycles. The molecular weight excluding hydrogens is 254 g/mol. The average molecular weight is 279 g/mol. The Morgan fingerprint density at radius 1 is 1.25 bits per heavy atom. The van der Waals surface area contributed by atoms with Crippen molar-refractivity contribution >= 4 is 17.8 Å². The SMILES string of the molecule is CN(C)c1nc(NN)nc(N2CCC(C(C)(C)C)C2)n1. The van der Waals surface area contributed by atoms with Gasteiger partial charge in [0.05, 0.1) is 0 Å². The summed E-state index contributed by atoms with van der Waals surface area (Å²) in [7, 11) is 3.81. The average Bonchev–Trinajstić information content (AvgIpc) is 2.87. The smallest absolute Gasteiger partial charge is 0.243 e. The van der Waals surface area contributed by atoms with Crippen LogP contribution >= 0.6 is 0 Å². The highest BCUT2D eigenvalue weighted by atomic mass is 15.4. The number of hydrazine groups is 1. The summed E-state index contributed by atoms with van der Waals surface area (Å²) in [4.78, 5) is 17.2. The van der Waals surface area contributed by atoms with Crippen LogP contribution in [-0.4, -0.2) is 42.1 Å². The number of nitrogens with one attached hydrogen (secondary N) is 1. The van der Waals surface area contributed by atoms with Crippen LogP contribution in [0.25, 0.3) is 0 Å². The second-order valence-corrected chi connectivity index (χ2v) is 6.60. The van der Waals surface area contributed by atoms with E-state index in [1.165, 1.54) is 0 Å². The van der Waals surface area contributed by atoms with Crippen LogP contribution in [0.15, 0.2) is 0 Å². The maximum absolute atomic E-state index is 5.44. The van der Waals surface area contributed by atoms with E-state index in [1.54, 1.807) is 0 Å². The molecule has 1 aliphatic heterocycles. The standard InChI is InChI=1S/C13H25N7/c1-13(2,3)9-6-7-20(8-9)12-16-10(18-14)15-11(17-12)19(4)5/h9H,6-8,14H2,1-5H3,(H,15,16,17,18). The Bertz CT molecular complexity index is 466. The Balaban J connectivity index is 2.23. The van der Waals surface area contributed by atoms with Crippen LogP contribution in [0.3, 0.4) is 0 Å². The van der Waals surface area contributed by atoms with E-state index < -0.39 is 0 Å². The van der Waals surface area contributed by atoms with Crippen LogP contribution in [0.2, 0.25) is 0 Å². The van der Waals surface area contributed by atoms with E-state index in [2.05, 4.69) is 46.0 Å². The summed E-state index contributed by atoms with van der Waals surface area (Å²) in [6, 6.07) is 0. The maximum Gasteiger partial charge on any atom is 0.243 e. The molecule has 1 unspecified atom stereocenters. The largest absolute Gasteiger partial charge is 0.347 e. The van der Waals surface area contributed by atoms with Gasteiger partial charge in [-0.15, -0.1) is 0 Å². The van der Waals surface area contributed by atoms with Crippen molar-refractivity contribution in [2.45, 2.75) is 27.2 Å². The lowest BCUT2D eigenvalue weighted by Crippen LogP contribution is -2.28. The van der Waals surface area contributed by atoms with E-state index in [9.17, 15) is 0 Å². The van der Waals surface area contributed by atoms with E-state index in [0.717, 1.165) is 19.5 Å². The molecule has 0 amide bonds. The van der Waals surface area contributed by atoms with E-state index >= 15 is 0 Å². The predicted octanol–water partition coefficient (Wildman–Crippen LogP) is 1.10. The maximum atomic E-state index is 5.44. The van der Waals surface area contributed by atoms with Crippen molar-refractivity contribution in [3.8, 4) is 0 Å².